The van der Waals surface area contributed by atoms with Crippen molar-refractivity contribution in [3.05, 3.63) is 66.0 Å². The maximum Gasteiger partial charge on any atom is 0.271 e. The number of likely N-dealkylation sites (tertiary alicyclic amines) is 1. The van der Waals surface area contributed by atoms with Gasteiger partial charge in [0.2, 0.25) is 11.8 Å². The first-order chi connectivity index (χ1) is 18.0. The predicted octanol–water partition coefficient (Wildman–Crippen LogP) is 2.23. The molecule has 0 aliphatic carbocycles. The van der Waals surface area contributed by atoms with E-state index in [0.29, 0.717) is 64.1 Å². The third kappa shape index (κ3) is 5.77. The number of amides is 3. The minimum absolute atomic E-state index is 0.0685. The minimum Gasteiger partial charge on any atom is -0.381 e. The number of piperidine rings is 1. The lowest BCUT2D eigenvalue weighted by Gasteiger charge is -2.40. The highest BCUT2D eigenvalue weighted by molar-refractivity contribution is 5.92. The van der Waals surface area contributed by atoms with Crippen molar-refractivity contribution in [2.45, 2.75) is 50.6 Å². The van der Waals surface area contributed by atoms with Crippen molar-refractivity contribution in [2.24, 2.45) is 11.3 Å². The molecule has 9 nitrogen and oxygen atoms in total. The Balaban J connectivity index is 1.39. The normalized spacial score (nSPS) is 27.2. The van der Waals surface area contributed by atoms with Gasteiger partial charge in [0.05, 0.1) is 5.41 Å². The number of aromatic nitrogens is 2. The van der Waals surface area contributed by atoms with E-state index in [-0.39, 0.29) is 29.7 Å². The summed E-state index contributed by atoms with van der Waals surface area (Å²) < 4.78 is 5.57. The highest BCUT2D eigenvalue weighted by Gasteiger charge is 2.41. The van der Waals surface area contributed by atoms with E-state index in [1.54, 1.807) is 12.3 Å². The number of rotatable bonds is 3. The van der Waals surface area contributed by atoms with Crippen LogP contribution >= 0.6 is 0 Å². The molecule has 0 bridgehead atoms. The molecular weight excluding hydrogens is 470 g/mol. The molecule has 3 aliphatic rings. The zero-order valence-corrected chi connectivity index (χ0v) is 21.0. The summed E-state index contributed by atoms with van der Waals surface area (Å²) in [6, 6.07) is 10.7. The monoisotopic (exact) mass is 505 g/mol. The lowest BCUT2D eigenvalue weighted by molar-refractivity contribution is -0.140. The first-order valence-corrected chi connectivity index (χ1v) is 13.2. The number of nitrogens with zero attached hydrogens (tertiary/aromatic N) is 2. The van der Waals surface area contributed by atoms with Crippen LogP contribution in [-0.4, -0.2) is 71.2 Å². The zero-order valence-electron chi connectivity index (χ0n) is 21.0. The van der Waals surface area contributed by atoms with E-state index < -0.39 is 11.5 Å². The zero-order chi connectivity index (χ0) is 25.7. The number of hydrogen-bond donors (Lipinski definition) is 3. The van der Waals surface area contributed by atoms with E-state index >= 15 is 0 Å². The van der Waals surface area contributed by atoms with Gasteiger partial charge in [-0.25, -0.2) is 0 Å². The van der Waals surface area contributed by atoms with Gasteiger partial charge < -0.3 is 20.3 Å². The fourth-order valence-corrected chi connectivity index (χ4v) is 5.71. The van der Waals surface area contributed by atoms with Gasteiger partial charge in [0.25, 0.3) is 5.91 Å². The molecular formula is C28H35N5O4. The third-order valence-electron chi connectivity index (χ3n) is 8.03. The van der Waals surface area contributed by atoms with Crippen molar-refractivity contribution in [3.8, 4) is 0 Å². The van der Waals surface area contributed by atoms with Crippen LogP contribution in [-0.2, 0) is 20.7 Å². The number of allylic oxidation sites excluding steroid dienone is 2. The van der Waals surface area contributed by atoms with E-state index in [1.807, 2.05) is 35.2 Å². The lowest BCUT2D eigenvalue weighted by Crippen LogP contribution is -2.58. The summed E-state index contributed by atoms with van der Waals surface area (Å²) in [6.45, 7) is 2.15. The Labute approximate surface area is 217 Å². The standard InChI is InChI=1S/C28H35N5O4/c34-25-24(18-20-6-2-1-3-7-20)31-27(36)28(12-16-37-17-13-28)11-5-4-8-21-19-33(15-10-22(21)30-25)26(35)23-9-14-29-32-23/h1-7,9,14,21-22,24H,8,10-13,15-19H2,(H,29,32)(H,30,34)(H,31,36)/b5-4+/t21-,22+,24-/m1/s1. The van der Waals surface area contributed by atoms with Crippen molar-refractivity contribution in [1.29, 1.82) is 0 Å². The molecule has 1 aromatic heterocycles. The average molecular weight is 506 g/mol. The molecule has 2 saturated heterocycles. The number of aromatic amines is 1. The second-order valence-electron chi connectivity index (χ2n) is 10.4. The highest BCUT2D eigenvalue weighted by Crippen LogP contribution is 2.36. The third-order valence-corrected chi connectivity index (χ3v) is 8.03. The number of fused-ring (bicyclic) bond motifs is 1. The molecule has 2 aromatic rings. The molecule has 3 amide bonds. The molecule has 2 fully saturated rings. The summed E-state index contributed by atoms with van der Waals surface area (Å²) in [5.41, 5.74) is 0.878. The second-order valence-corrected chi connectivity index (χ2v) is 10.4. The molecule has 1 aromatic carbocycles. The van der Waals surface area contributed by atoms with Crippen molar-refractivity contribution in [3.63, 3.8) is 0 Å². The van der Waals surface area contributed by atoms with Gasteiger partial charge in [-0.05, 0) is 43.7 Å². The van der Waals surface area contributed by atoms with Crippen LogP contribution in [0.4, 0.5) is 0 Å². The summed E-state index contributed by atoms with van der Waals surface area (Å²) in [4.78, 5) is 42.1. The van der Waals surface area contributed by atoms with Gasteiger partial charge in [-0.15, -0.1) is 0 Å². The largest absolute Gasteiger partial charge is 0.381 e. The van der Waals surface area contributed by atoms with Crippen LogP contribution in [0.2, 0.25) is 0 Å². The first kappa shape index (κ1) is 25.2. The quantitative estimate of drug-likeness (QED) is 0.553. The highest BCUT2D eigenvalue weighted by atomic mass is 16.5. The molecule has 0 unspecified atom stereocenters. The Bertz CT molecular complexity index is 1110. The van der Waals surface area contributed by atoms with Crippen LogP contribution in [0.25, 0.3) is 0 Å². The smallest absolute Gasteiger partial charge is 0.271 e. The number of H-pyrrole nitrogens is 1. The predicted molar refractivity (Wildman–Crippen MR) is 137 cm³/mol. The van der Waals surface area contributed by atoms with Gasteiger partial charge >= 0.3 is 0 Å². The van der Waals surface area contributed by atoms with Gasteiger partial charge in [-0.2, -0.15) is 5.10 Å². The summed E-state index contributed by atoms with van der Waals surface area (Å²) in [5, 5.41) is 13.0. The van der Waals surface area contributed by atoms with Crippen molar-refractivity contribution in [1.82, 2.24) is 25.7 Å². The van der Waals surface area contributed by atoms with E-state index in [9.17, 15) is 14.4 Å². The molecule has 9 heteroatoms. The number of benzene rings is 1. The minimum atomic E-state index is -0.677. The van der Waals surface area contributed by atoms with Crippen molar-refractivity contribution in [2.75, 3.05) is 26.3 Å². The lowest BCUT2D eigenvalue weighted by atomic mass is 9.75. The van der Waals surface area contributed by atoms with Crippen molar-refractivity contribution < 1.29 is 19.1 Å². The molecule has 0 radical (unpaired) electrons. The maximum absolute atomic E-state index is 13.6. The molecule has 1 spiro atoms. The van der Waals surface area contributed by atoms with Crippen LogP contribution in [0.15, 0.2) is 54.7 Å². The summed E-state index contributed by atoms with van der Waals surface area (Å²) >= 11 is 0. The number of carbonyl (C=O) groups excluding carboxylic acids is 3. The number of ether oxygens (including phenoxy) is 1. The Morgan fingerprint density at radius 1 is 1.08 bits per heavy atom. The topological polar surface area (TPSA) is 116 Å². The fraction of sp³-hybridized carbons (Fsp3) is 0.500. The van der Waals surface area contributed by atoms with Gasteiger partial charge in [0, 0.05) is 50.9 Å². The van der Waals surface area contributed by atoms with Crippen LogP contribution in [0, 0.1) is 11.3 Å². The molecule has 196 valence electrons. The SMILES string of the molecule is O=C1N[C@H]2CCN(C(=O)c3ccn[nH]3)C[C@H]2C/C=C/CC2(CCOCC2)C(=O)N[C@@H]1Cc1ccccc1. The summed E-state index contributed by atoms with van der Waals surface area (Å²) in [7, 11) is 0. The number of carbonyl (C=O) groups is 3. The molecule has 3 atom stereocenters. The van der Waals surface area contributed by atoms with Crippen molar-refractivity contribution >= 4 is 17.7 Å². The van der Waals surface area contributed by atoms with E-state index in [2.05, 4.69) is 33.0 Å². The Hall–Kier alpha value is -3.46. The average Bonchev–Trinajstić information content (AvgIpc) is 3.47. The molecule has 4 heterocycles. The molecule has 5 rings (SSSR count). The Morgan fingerprint density at radius 3 is 2.65 bits per heavy atom. The molecule has 3 N–H and O–H groups in total. The molecule has 0 saturated carbocycles. The Morgan fingerprint density at radius 2 is 1.89 bits per heavy atom. The van der Waals surface area contributed by atoms with Gasteiger partial charge in [-0.1, -0.05) is 42.5 Å². The number of hydrogen-bond acceptors (Lipinski definition) is 5. The first-order valence-electron chi connectivity index (χ1n) is 13.2. The van der Waals surface area contributed by atoms with Crippen LogP contribution in [0.5, 0.6) is 0 Å². The molecule has 3 aliphatic heterocycles. The van der Waals surface area contributed by atoms with Crippen LogP contribution in [0.1, 0.15) is 48.2 Å². The second kappa shape index (κ2) is 11.3. The van der Waals surface area contributed by atoms with Gasteiger partial charge in [-0.3, -0.25) is 19.5 Å². The fourth-order valence-electron chi connectivity index (χ4n) is 5.71. The summed E-state index contributed by atoms with van der Waals surface area (Å²) in [5.74, 6) is -0.257. The van der Waals surface area contributed by atoms with Crippen LogP contribution in [0.3, 0.4) is 0 Å². The summed E-state index contributed by atoms with van der Waals surface area (Å²) in [6.07, 6.45) is 9.44. The Kier molecular flexibility index (Phi) is 7.69. The van der Waals surface area contributed by atoms with E-state index in [1.165, 1.54) is 0 Å². The molecule has 37 heavy (non-hydrogen) atoms. The van der Waals surface area contributed by atoms with E-state index in [4.69, 9.17) is 4.74 Å². The number of nitrogens with one attached hydrogen (secondary N) is 3. The van der Waals surface area contributed by atoms with Crippen LogP contribution < -0.4 is 10.6 Å². The maximum atomic E-state index is 13.6. The van der Waals surface area contributed by atoms with E-state index in [0.717, 1.165) is 12.0 Å². The van der Waals surface area contributed by atoms with Gasteiger partial charge in [0.1, 0.15) is 11.7 Å². The van der Waals surface area contributed by atoms with Gasteiger partial charge in [0.15, 0.2) is 0 Å².